The Morgan fingerprint density at radius 1 is 1.03 bits per heavy atom. The van der Waals surface area contributed by atoms with E-state index in [-0.39, 0.29) is 25.4 Å². The molecule has 0 saturated heterocycles. The average Bonchev–Trinajstić information content (AvgIpc) is 2.57. The van der Waals surface area contributed by atoms with Crippen LogP contribution >= 0.6 is 0 Å². The molecule has 0 fully saturated rings. The van der Waals surface area contributed by atoms with Crippen LogP contribution in [0.5, 0.6) is 0 Å². The predicted molar refractivity (Wildman–Crippen MR) is 96.0 cm³/mol. The zero-order chi connectivity index (χ0) is 22.7. The van der Waals surface area contributed by atoms with Crippen molar-refractivity contribution in [3.05, 3.63) is 47.2 Å². The molecule has 2 rings (SSSR count). The third-order valence-electron chi connectivity index (χ3n) is 3.99. The van der Waals surface area contributed by atoms with E-state index in [4.69, 9.17) is 0 Å². The fraction of sp³-hybridized carbons (Fsp3) is 0.556. The Morgan fingerprint density at radius 3 is 1.97 bits per heavy atom. The number of alkyl halides is 6. The molecule has 29 heavy (non-hydrogen) atoms. The molecular formula is C18H23F6NO3S. The van der Waals surface area contributed by atoms with E-state index in [1.807, 2.05) is 13.8 Å². The second kappa shape index (κ2) is 8.95. The van der Waals surface area contributed by atoms with Gasteiger partial charge in [0.15, 0.2) is 0 Å². The first kappa shape index (κ1) is 25.3. The molecule has 0 aliphatic carbocycles. The van der Waals surface area contributed by atoms with Crippen LogP contribution in [0.2, 0.25) is 0 Å². The van der Waals surface area contributed by atoms with E-state index in [2.05, 4.69) is 4.18 Å². The van der Waals surface area contributed by atoms with Crippen LogP contribution in [-0.4, -0.2) is 31.9 Å². The molecule has 1 heterocycles. The zero-order valence-electron chi connectivity index (χ0n) is 16.4. The first-order valence-corrected chi connectivity index (χ1v) is 10.1. The van der Waals surface area contributed by atoms with Gasteiger partial charge in [0, 0.05) is 25.0 Å². The molecule has 0 radical (unpaired) electrons. The van der Waals surface area contributed by atoms with Crippen molar-refractivity contribution in [2.75, 3.05) is 13.1 Å². The Balaban J connectivity index is 0.00000204. The summed E-state index contributed by atoms with van der Waals surface area (Å²) >= 11 is 0. The summed E-state index contributed by atoms with van der Waals surface area (Å²) in [5, 5.41) is 0. The van der Waals surface area contributed by atoms with Crippen molar-refractivity contribution < 1.29 is 38.9 Å². The average molecular weight is 447 g/mol. The standard InChI is InChI=1S/C16H17F6NO3S.C2H6/c1-14(2)10-23(8-7-13(14)26-27(24,25)16(20,21)22)9-11-3-5-12(6-4-11)15(17,18)19;1-2/h3-7H,8-10H2,1-2H3;1-2H3. The van der Waals surface area contributed by atoms with E-state index in [9.17, 15) is 34.8 Å². The molecule has 166 valence electrons. The van der Waals surface area contributed by atoms with Gasteiger partial charge < -0.3 is 4.18 Å². The van der Waals surface area contributed by atoms with Crippen molar-refractivity contribution in [1.82, 2.24) is 4.90 Å². The van der Waals surface area contributed by atoms with Crippen LogP contribution < -0.4 is 0 Å². The fourth-order valence-corrected chi connectivity index (χ4v) is 3.30. The van der Waals surface area contributed by atoms with E-state index in [1.165, 1.54) is 32.1 Å². The maximum atomic E-state index is 12.6. The molecule has 1 aliphatic rings. The molecule has 1 aliphatic heterocycles. The van der Waals surface area contributed by atoms with E-state index in [0.29, 0.717) is 5.56 Å². The van der Waals surface area contributed by atoms with E-state index >= 15 is 0 Å². The first-order chi connectivity index (χ1) is 13.1. The largest absolute Gasteiger partial charge is 0.534 e. The predicted octanol–water partition coefficient (Wildman–Crippen LogP) is 5.32. The van der Waals surface area contributed by atoms with Crippen LogP contribution in [0, 0.1) is 5.41 Å². The monoisotopic (exact) mass is 447 g/mol. The molecule has 0 saturated carbocycles. The number of halogens is 6. The summed E-state index contributed by atoms with van der Waals surface area (Å²) in [5.74, 6) is -0.316. The highest BCUT2D eigenvalue weighted by atomic mass is 32.2. The van der Waals surface area contributed by atoms with Crippen molar-refractivity contribution >= 4 is 10.1 Å². The number of hydrogen-bond donors (Lipinski definition) is 0. The zero-order valence-corrected chi connectivity index (χ0v) is 17.2. The van der Waals surface area contributed by atoms with Crippen molar-refractivity contribution in [3.63, 3.8) is 0 Å². The lowest BCUT2D eigenvalue weighted by Gasteiger charge is -2.37. The van der Waals surface area contributed by atoms with Crippen LogP contribution in [0.4, 0.5) is 26.3 Å². The van der Waals surface area contributed by atoms with Gasteiger partial charge in [-0.05, 0) is 23.8 Å². The summed E-state index contributed by atoms with van der Waals surface area (Å²) in [7, 11) is -5.76. The normalized spacial score (nSPS) is 17.8. The van der Waals surface area contributed by atoms with Gasteiger partial charge in [-0.1, -0.05) is 39.8 Å². The van der Waals surface area contributed by atoms with Crippen LogP contribution in [0.15, 0.2) is 36.1 Å². The van der Waals surface area contributed by atoms with Gasteiger partial charge >= 0.3 is 21.8 Å². The Kier molecular flexibility index (Phi) is 7.80. The Morgan fingerprint density at radius 2 is 1.55 bits per heavy atom. The lowest BCUT2D eigenvalue weighted by atomic mass is 9.87. The number of rotatable bonds is 4. The number of benzene rings is 1. The fourth-order valence-electron chi connectivity index (χ4n) is 2.68. The third kappa shape index (κ3) is 6.63. The van der Waals surface area contributed by atoms with Gasteiger partial charge in [0.2, 0.25) is 0 Å². The van der Waals surface area contributed by atoms with Crippen molar-refractivity contribution in [3.8, 4) is 0 Å². The Labute approximate surface area is 166 Å². The second-order valence-corrected chi connectivity index (χ2v) is 8.34. The quantitative estimate of drug-likeness (QED) is 0.356. The highest BCUT2D eigenvalue weighted by Gasteiger charge is 2.50. The topological polar surface area (TPSA) is 46.6 Å². The van der Waals surface area contributed by atoms with Gasteiger partial charge in [0.05, 0.1) is 5.56 Å². The van der Waals surface area contributed by atoms with Crippen LogP contribution in [0.3, 0.4) is 0 Å². The highest BCUT2D eigenvalue weighted by molar-refractivity contribution is 7.87. The van der Waals surface area contributed by atoms with Gasteiger partial charge in [-0.15, -0.1) is 0 Å². The molecule has 0 spiro atoms. The lowest BCUT2D eigenvalue weighted by Crippen LogP contribution is -2.41. The molecule has 0 aromatic heterocycles. The first-order valence-electron chi connectivity index (χ1n) is 8.72. The third-order valence-corrected chi connectivity index (χ3v) is 4.96. The molecule has 1 aromatic rings. The van der Waals surface area contributed by atoms with Crippen LogP contribution in [-0.2, 0) is 27.0 Å². The maximum absolute atomic E-state index is 12.6. The van der Waals surface area contributed by atoms with Crippen molar-refractivity contribution in [1.29, 1.82) is 0 Å². The Hall–Kier alpha value is -1.75. The second-order valence-electron chi connectivity index (χ2n) is 6.80. The van der Waals surface area contributed by atoms with Crippen molar-refractivity contribution in [2.24, 2.45) is 5.41 Å². The minimum absolute atomic E-state index is 0.0904. The molecular weight excluding hydrogens is 424 g/mol. The molecule has 0 bridgehead atoms. The van der Waals surface area contributed by atoms with Crippen molar-refractivity contribution in [2.45, 2.75) is 45.9 Å². The van der Waals surface area contributed by atoms with Gasteiger partial charge in [0.25, 0.3) is 0 Å². The smallest absolute Gasteiger partial charge is 0.380 e. The van der Waals surface area contributed by atoms with E-state index < -0.39 is 32.8 Å². The highest BCUT2D eigenvalue weighted by Crippen LogP contribution is 2.37. The van der Waals surface area contributed by atoms with Gasteiger partial charge in [-0.2, -0.15) is 34.8 Å². The minimum atomic E-state index is -5.76. The van der Waals surface area contributed by atoms with Gasteiger partial charge in [0.1, 0.15) is 5.76 Å². The lowest BCUT2D eigenvalue weighted by molar-refractivity contribution is -0.137. The Bertz CT molecular complexity index is 811. The summed E-state index contributed by atoms with van der Waals surface area (Å²) in [6.07, 6.45) is -3.21. The van der Waals surface area contributed by atoms with Gasteiger partial charge in [-0.3, -0.25) is 4.90 Å². The number of nitrogens with zero attached hydrogens (tertiary/aromatic N) is 1. The number of hydrogen-bond acceptors (Lipinski definition) is 4. The summed E-state index contributed by atoms with van der Waals surface area (Å²) in [6, 6.07) is 4.54. The van der Waals surface area contributed by atoms with E-state index in [0.717, 1.165) is 12.1 Å². The molecule has 0 atom stereocenters. The summed E-state index contributed by atoms with van der Waals surface area (Å²) in [6.45, 7) is 7.53. The van der Waals surface area contributed by atoms with Crippen LogP contribution in [0.25, 0.3) is 0 Å². The molecule has 1 aromatic carbocycles. The van der Waals surface area contributed by atoms with E-state index in [1.54, 1.807) is 4.90 Å². The van der Waals surface area contributed by atoms with Gasteiger partial charge in [-0.25, -0.2) is 0 Å². The summed E-state index contributed by atoms with van der Waals surface area (Å²) in [4.78, 5) is 1.76. The summed E-state index contributed by atoms with van der Waals surface area (Å²) in [5.41, 5.74) is -6.76. The minimum Gasteiger partial charge on any atom is -0.380 e. The molecule has 0 amide bonds. The molecule has 11 heteroatoms. The summed E-state index contributed by atoms with van der Waals surface area (Å²) < 4.78 is 102. The molecule has 4 nitrogen and oxygen atoms in total. The van der Waals surface area contributed by atoms with Crippen LogP contribution in [0.1, 0.15) is 38.8 Å². The SMILES string of the molecule is CC.CC1(C)CN(Cc2ccc(C(F)(F)F)cc2)CC=C1OS(=O)(=O)C(F)(F)F. The maximum Gasteiger partial charge on any atom is 0.534 e. The molecule has 0 unspecified atom stereocenters. The molecule has 0 N–H and O–H groups in total.